The third-order valence-corrected chi connectivity index (χ3v) is 7.83. The van der Waals surface area contributed by atoms with E-state index in [0.29, 0.717) is 23.7 Å². The van der Waals surface area contributed by atoms with E-state index in [4.69, 9.17) is 0 Å². The average molecular weight is 429 g/mol. The van der Waals surface area contributed by atoms with Gasteiger partial charge in [0.2, 0.25) is 5.91 Å². The maximum absolute atomic E-state index is 12.4. The lowest BCUT2D eigenvalue weighted by Gasteiger charge is -2.20. The molecule has 0 spiro atoms. The lowest BCUT2D eigenvalue weighted by atomic mass is 9.90. The molecule has 2 aromatic carbocycles. The van der Waals surface area contributed by atoms with Crippen LogP contribution in [0.2, 0.25) is 0 Å². The molecule has 168 valence electrons. The summed E-state index contributed by atoms with van der Waals surface area (Å²) in [6.45, 7) is 9.38. The van der Waals surface area contributed by atoms with E-state index in [1.165, 1.54) is 41.8 Å². The van der Waals surface area contributed by atoms with Crippen molar-refractivity contribution in [3.05, 3.63) is 77.4 Å². The molecule has 3 nitrogen and oxygen atoms in total. The summed E-state index contributed by atoms with van der Waals surface area (Å²) in [6.07, 6.45) is 5.93. The molecule has 3 unspecified atom stereocenters. The minimum Gasteiger partial charge on any atom is -0.342 e. The van der Waals surface area contributed by atoms with Gasteiger partial charge in [-0.1, -0.05) is 74.5 Å². The number of rotatable bonds is 6. The van der Waals surface area contributed by atoms with Crippen LogP contribution in [0.15, 0.2) is 60.7 Å². The fourth-order valence-corrected chi connectivity index (χ4v) is 5.95. The zero-order chi connectivity index (χ0) is 22.1. The number of allylic oxidation sites excluding steroid dienone is 1. The highest BCUT2D eigenvalue weighted by Gasteiger charge is 2.40. The second kappa shape index (κ2) is 9.23. The first kappa shape index (κ1) is 21.5. The number of fused-ring (bicyclic) bond motifs is 1. The number of hydrogen-bond acceptors (Lipinski definition) is 2. The number of carbonyl (C=O) groups is 1. The third kappa shape index (κ3) is 4.41. The Bertz CT molecular complexity index is 962. The van der Waals surface area contributed by atoms with E-state index in [9.17, 15) is 4.79 Å². The van der Waals surface area contributed by atoms with Crippen LogP contribution in [0.1, 0.15) is 49.3 Å². The molecule has 1 aliphatic carbocycles. The van der Waals surface area contributed by atoms with Crippen molar-refractivity contribution in [2.24, 2.45) is 17.8 Å². The molecular weight excluding hydrogens is 392 g/mol. The van der Waals surface area contributed by atoms with Gasteiger partial charge in [-0.2, -0.15) is 0 Å². The van der Waals surface area contributed by atoms with Crippen LogP contribution in [0.4, 0.5) is 0 Å². The van der Waals surface area contributed by atoms with Crippen molar-refractivity contribution in [1.29, 1.82) is 0 Å². The summed E-state index contributed by atoms with van der Waals surface area (Å²) < 4.78 is 0. The Morgan fingerprint density at radius 1 is 1.00 bits per heavy atom. The zero-order valence-corrected chi connectivity index (χ0v) is 19.5. The largest absolute Gasteiger partial charge is 0.342 e. The molecule has 2 aromatic rings. The van der Waals surface area contributed by atoms with Gasteiger partial charge in [0.25, 0.3) is 0 Å². The maximum atomic E-state index is 12.4. The summed E-state index contributed by atoms with van der Waals surface area (Å²) in [5.74, 6) is 2.22. The van der Waals surface area contributed by atoms with Gasteiger partial charge in [0.05, 0.1) is 0 Å². The Kier molecular flexibility index (Phi) is 6.19. The number of likely N-dealkylation sites (tertiary alicyclic amines) is 2. The Balaban J connectivity index is 1.15. The van der Waals surface area contributed by atoms with E-state index in [-0.39, 0.29) is 5.92 Å². The summed E-state index contributed by atoms with van der Waals surface area (Å²) >= 11 is 0. The van der Waals surface area contributed by atoms with E-state index < -0.39 is 0 Å². The van der Waals surface area contributed by atoms with E-state index >= 15 is 0 Å². The van der Waals surface area contributed by atoms with Gasteiger partial charge in [0, 0.05) is 38.0 Å². The topological polar surface area (TPSA) is 23.6 Å². The first-order valence-corrected chi connectivity index (χ1v) is 12.4. The summed E-state index contributed by atoms with van der Waals surface area (Å²) in [4.78, 5) is 17.2. The maximum Gasteiger partial charge on any atom is 0.225 e. The van der Waals surface area contributed by atoms with Gasteiger partial charge in [-0.3, -0.25) is 4.79 Å². The highest BCUT2D eigenvalue weighted by molar-refractivity contribution is 5.80. The Morgan fingerprint density at radius 3 is 2.53 bits per heavy atom. The van der Waals surface area contributed by atoms with Crippen molar-refractivity contribution in [2.45, 2.75) is 39.0 Å². The second-order valence-corrected chi connectivity index (χ2v) is 10.3. The van der Waals surface area contributed by atoms with Crippen LogP contribution < -0.4 is 0 Å². The molecule has 0 bridgehead atoms. The van der Waals surface area contributed by atoms with Gasteiger partial charge in [-0.15, -0.1) is 0 Å². The van der Waals surface area contributed by atoms with Gasteiger partial charge >= 0.3 is 0 Å². The van der Waals surface area contributed by atoms with Crippen LogP contribution in [0.3, 0.4) is 0 Å². The van der Waals surface area contributed by atoms with Crippen molar-refractivity contribution in [3.63, 3.8) is 0 Å². The monoisotopic (exact) mass is 428 g/mol. The molecule has 2 saturated heterocycles. The number of carbonyl (C=O) groups excluding carboxylic acids is 1. The molecule has 1 amide bonds. The molecule has 5 rings (SSSR count). The average Bonchev–Trinajstić information content (AvgIpc) is 3.54. The lowest BCUT2D eigenvalue weighted by molar-refractivity contribution is -0.133. The quantitative estimate of drug-likeness (QED) is 0.628. The normalized spacial score (nSPS) is 25.4. The molecule has 3 atom stereocenters. The van der Waals surface area contributed by atoms with Gasteiger partial charge in [-0.05, 0) is 59.9 Å². The number of amides is 1. The van der Waals surface area contributed by atoms with E-state index in [2.05, 4.69) is 70.5 Å². The Hall–Kier alpha value is -2.39. The van der Waals surface area contributed by atoms with Gasteiger partial charge in [0.15, 0.2) is 0 Å². The van der Waals surface area contributed by atoms with E-state index in [1.54, 1.807) is 0 Å². The number of benzene rings is 2. The number of nitrogens with zero attached hydrogens (tertiary/aromatic N) is 2. The van der Waals surface area contributed by atoms with Crippen LogP contribution in [-0.4, -0.2) is 48.4 Å². The zero-order valence-electron chi connectivity index (χ0n) is 19.5. The molecular formula is C29H36N2O. The molecule has 0 saturated carbocycles. The first-order chi connectivity index (χ1) is 15.6. The fraction of sp³-hybridized carbons (Fsp3) is 0.483. The van der Waals surface area contributed by atoms with Crippen molar-refractivity contribution >= 4 is 11.5 Å². The lowest BCUT2D eigenvalue weighted by Crippen LogP contribution is -2.32. The highest BCUT2D eigenvalue weighted by Crippen LogP contribution is 2.43. The van der Waals surface area contributed by atoms with Crippen LogP contribution in [-0.2, 0) is 11.2 Å². The van der Waals surface area contributed by atoms with Crippen molar-refractivity contribution in [3.8, 4) is 0 Å². The molecule has 2 aliphatic heterocycles. The fourth-order valence-electron chi connectivity index (χ4n) is 5.95. The smallest absolute Gasteiger partial charge is 0.225 e. The van der Waals surface area contributed by atoms with Crippen molar-refractivity contribution in [2.75, 3.05) is 32.7 Å². The Morgan fingerprint density at radius 2 is 1.78 bits per heavy atom. The second-order valence-electron chi connectivity index (χ2n) is 10.3. The minimum absolute atomic E-state index is 0.0964. The summed E-state index contributed by atoms with van der Waals surface area (Å²) in [6, 6.07) is 20.2. The minimum atomic E-state index is 0.0964. The molecule has 32 heavy (non-hydrogen) atoms. The van der Waals surface area contributed by atoms with Crippen molar-refractivity contribution < 1.29 is 4.79 Å². The molecule has 2 heterocycles. The summed E-state index contributed by atoms with van der Waals surface area (Å²) in [5.41, 5.74) is 5.73. The highest BCUT2D eigenvalue weighted by atomic mass is 16.2. The van der Waals surface area contributed by atoms with Crippen LogP contribution in [0.5, 0.6) is 0 Å². The molecule has 3 aliphatic rings. The molecule has 0 N–H and O–H groups in total. The molecule has 0 radical (unpaired) electrons. The standard InChI is InChI=1S/C29H36N2O/c1-21(2)29(32)31-19-26-12-13-27(28(26)20-31)24-10-8-22(9-11-24)14-16-30-17-15-25(18-30)23-6-4-3-5-7-23/h3-11,13,21,25-26,28H,12,14-20H2,1-2H3. The van der Waals surface area contributed by atoms with Gasteiger partial charge in [0.1, 0.15) is 0 Å². The predicted molar refractivity (Wildman–Crippen MR) is 131 cm³/mol. The Labute approximate surface area is 193 Å². The van der Waals surface area contributed by atoms with Crippen LogP contribution in [0, 0.1) is 17.8 Å². The number of hydrogen-bond donors (Lipinski definition) is 0. The van der Waals surface area contributed by atoms with Gasteiger partial charge in [-0.25, -0.2) is 0 Å². The third-order valence-electron chi connectivity index (χ3n) is 7.83. The first-order valence-electron chi connectivity index (χ1n) is 12.4. The van der Waals surface area contributed by atoms with Crippen molar-refractivity contribution in [1.82, 2.24) is 9.80 Å². The summed E-state index contributed by atoms with van der Waals surface area (Å²) in [5, 5.41) is 0. The van der Waals surface area contributed by atoms with Gasteiger partial charge < -0.3 is 9.80 Å². The molecule has 2 fully saturated rings. The van der Waals surface area contributed by atoms with Crippen LogP contribution >= 0.6 is 0 Å². The SMILES string of the molecule is CC(C)C(=O)N1CC2CC=C(c3ccc(CCN4CCC(c5ccccc5)C4)cc3)C2C1. The predicted octanol–water partition coefficient (Wildman–Crippen LogP) is 5.24. The summed E-state index contributed by atoms with van der Waals surface area (Å²) in [7, 11) is 0. The van der Waals surface area contributed by atoms with Crippen LogP contribution in [0.25, 0.3) is 5.57 Å². The molecule has 0 aromatic heterocycles. The molecule has 3 heteroatoms. The van der Waals surface area contributed by atoms with E-state index in [0.717, 1.165) is 32.5 Å². The van der Waals surface area contributed by atoms with E-state index in [1.807, 2.05) is 13.8 Å².